The zero-order chi connectivity index (χ0) is 18.2. The van der Waals surface area contributed by atoms with Crippen LogP contribution in [0.3, 0.4) is 0 Å². The van der Waals surface area contributed by atoms with Crippen molar-refractivity contribution in [2.75, 3.05) is 0 Å². The molecule has 0 aliphatic carbocycles. The summed E-state index contributed by atoms with van der Waals surface area (Å²) in [5, 5.41) is 14.2. The van der Waals surface area contributed by atoms with Gasteiger partial charge in [-0.05, 0) is 31.0 Å². The fourth-order valence-corrected chi connectivity index (χ4v) is 2.31. The molecule has 0 saturated heterocycles. The fourth-order valence-electron chi connectivity index (χ4n) is 2.31. The number of amides is 2. The van der Waals surface area contributed by atoms with Crippen molar-refractivity contribution in [1.29, 1.82) is 0 Å². The smallest absolute Gasteiger partial charge is 0.303 e. The summed E-state index contributed by atoms with van der Waals surface area (Å²) < 4.78 is 4.98. The van der Waals surface area contributed by atoms with Gasteiger partial charge in [0.2, 0.25) is 5.91 Å². The molecule has 1 aromatic carbocycles. The monoisotopic (exact) mass is 344 g/mol. The van der Waals surface area contributed by atoms with E-state index in [1.165, 1.54) is 12.3 Å². The van der Waals surface area contributed by atoms with Crippen molar-refractivity contribution in [2.45, 2.75) is 31.8 Å². The summed E-state index contributed by atoms with van der Waals surface area (Å²) in [5.74, 6) is -1.71. The van der Waals surface area contributed by atoms with Crippen LogP contribution < -0.4 is 10.6 Å². The van der Waals surface area contributed by atoms with Gasteiger partial charge in [-0.15, -0.1) is 0 Å². The fraction of sp³-hybridized carbons (Fsp3) is 0.278. The number of benzene rings is 1. The number of nitrogens with one attached hydrogen (secondary N) is 2. The molecule has 0 fully saturated rings. The van der Waals surface area contributed by atoms with Gasteiger partial charge in [0.1, 0.15) is 6.04 Å². The van der Waals surface area contributed by atoms with Crippen LogP contribution in [-0.2, 0) is 9.59 Å². The minimum atomic E-state index is -0.936. The number of carboxylic acid groups (broad SMARTS) is 1. The van der Waals surface area contributed by atoms with Crippen LogP contribution in [0, 0.1) is 0 Å². The molecule has 2 rings (SSSR count). The van der Waals surface area contributed by atoms with Gasteiger partial charge in [-0.25, -0.2) is 0 Å². The second-order valence-corrected chi connectivity index (χ2v) is 5.58. The molecule has 132 valence electrons. The SMILES string of the molecule is CC(NC(=O)c1ccco1)C(=O)NC(CCC(=O)O)c1ccccc1. The molecule has 0 bridgehead atoms. The molecule has 1 aromatic heterocycles. The molecule has 2 unspecified atom stereocenters. The third-order valence-electron chi connectivity index (χ3n) is 3.65. The first-order valence-corrected chi connectivity index (χ1v) is 7.89. The van der Waals surface area contributed by atoms with Crippen LogP contribution in [0.25, 0.3) is 0 Å². The average molecular weight is 344 g/mol. The Labute approximate surface area is 145 Å². The van der Waals surface area contributed by atoms with Gasteiger partial charge >= 0.3 is 5.97 Å². The maximum absolute atomic E-state index is 12.4. The number of carbonyl (C=O) groups is 3. The second kappa shape index (κ2) is 8.68. The van der Waals surface area contributed by atoms with Crippen molar-refractivity contribution >= 4 is 17.8 Å². The molecule has 7 nitrogen and oxygen atoms in total. The molecule has 0 spiro atoms. The zero-order valence-electron chi connectivity index (χ0n) is 13.8. The summed E-state index contributed by atoms with van der Waals surface area (Å²) in [6.07, 6.45) is 1.55. The minimum Gasteiger partial charge on any atom is -0.481 e. The van der Waals surface area contributed by atoms with Crippen molar-refractivity contribution in [2.24, 2.45) is 0 Å². The molecule has 2 amide bonds. The summed E-state index contributed by atoms with van der Waals surface area (Å²) in [5.41, 5.74) is 0.807. The van der Waals surface area contributed by atoms with Gasteiger partial charge in [0.05, 0.1) is 12.3 Å². The number of rotatable bonds is 8. The zero-order valence-corrected chi connectivity index (χ0v) is 13.8. The van der Waals surface area contributed by atoms with Crippen LogP contribution in [0.2, 0.25) is 0 Å². The molecular weight excluding hydrogens is 324 g/mol. The van der Waals surface area contributed by atoms with E-state index in [1.54, 1.807) is 13.0 Å². The van der Waals surface area contributed by atoms with E-state index in [0.29, 0.717) is 0 Å². The molecule has 1 heterocycles. The Balaban J connectivity index is 2.00. The van der Waals surface area contributed by atoms with E-state index in [-0.39, 0.29) is 18.6 Å². The molecule has 0 aliphatic rings. The predicted molar refractivity (Wildman–Crippen MR) is 89.8 cm³/mol. The lowest BCUT2D eigenvalue weighted by Crippen LogP contribution is -2.45. The van der Waals surface area contributed by atoms with Crippen LogP contribution >= 0.6 is 0 Å². The van der Waals surface area contributed by atoms with Gasteiger partial charge in [-0.2, -0.15) is 0 Å². The van der Waals surface area contributed by atoms with Crippen LogP contribution in [0.1, 0.15) is 41.9 Å². The number of aliphatic carboxylic acids is 1. The van der Waals surface area contributed by atoms with Gasteiger partial charge in [-0.1, -0.05) is 30.3 Å². The maximum atomic E-state index is 12.4. The standard InChI is InChI=1S/C18H20N2O5/c1-12(19-18(24)15-8-5-11-25-15)17(23)20-14(9-10-16(21)22)13-6-3-2-4-7-13/h2-8,11-12,14H,9-10H2,1H3,(H,19,24)(H,20,23)(H,21,22). The third-order valence-corrected chi connectivity index (χ3v) is 3.65. The molecule has 2 atom stereocenters. The van der Waals surface area contributed by atoms with Gasteiger partial charge < -0.3 is 20.2 Å². The number of carbonyl (C=O) groups excluding carboxylic acids is 2. The van der Waals surface area contributed by atoms with E-state index < -0.39 is 29.9 Å². The predicted octanol–water partition coefficient (Wildman–Crippen LogP) is 2.12. The summed E-state index contributed by atoms with van der Waals surface area (Å²) in [7, 11) is 0. The molecule has 3 N–H and O–H groups in total. The largest absolute Gasteiger partial charge is 0.481 e. The van der Waals surface area contributed by atoms with Gasteiger partial charge in [0.25, 0.3) is 5.91 Å². The Morgan fingerprint density at radius 2 is 1.80 bits per heavy atom. The third kappa shape index (κ3) is 5.49. The van der Waals surface area contributed by atoms with Gasteiger partial charge in [-0.3, -0.25) is 14.4 Å². The lowest BCUT2D eigenvalue weighted by Gasteiger charge is -2.21. The van der Waals surface area contributed by atoms with Crippen molar-refractivity contribution in [3.63, 3.8) is 0 Å². The first-order chi connectivity index (χ1) is 12.0. The van der Waals surface area contributed by atoms with E-state index in [9.17, 15) is 14.4 Å². The van der Waals surface area contributed by atoms with E-state index in [2.05, 4.69) is 10.6 Å². The van der Waals surface area contributed by atoms with E-state index in [4.69, 9.17) is 9.52 Å². The Morgan fingerprint density at radius 3 is 2.40 bits per heavy atom. The number of furan rings is 1. The molecule has 7 heteroatoms. The summed E-state index contributed by atoms with van der Waals surface area (Å²) >= 11 is 0. The van der Waals surface area contributed by atoms with Crippen molar-refractivity contribution in [3.05, 3.63) is 60.1 Å². The van der Waals surface area contributed by atoms with Crippen LogP contribution in [0.5, 0.6) is 0 Å². The normalized spacial score (nSPS) is 12.8. The quantitative estimate of drug-likeness (QED) is 0.680. The maximum Gasteiger partial charge on any atom is 0.303 e. The summed E-state index contributed by atoms with van der Waals surface area (Å²) in [6, 6.07) is 10.9. The Kier molecular flexibility index (Phi) is 6.33. The molecule has 0 aliphatic heterocycles. The molecule has 2 aromatic rings. The highest BCUT2D eigenvalue weighted by Crippen LogP contribution is 2.18. The molecular formula is C18H20N2O5. The summed E-state index contributed by atoms with van der Waals surface area (Å²) in [4.78, 5) is 35.2. The van der Waals surface area contributed by atoms with E-state index in [1.807, 2.05) is 30.3 Å². The number of carboxylic acids is 1. The number of hydrogen-bond acceptors (Lipinski definition) is 4. The molecule has 0 radical (unpaired) electrons. The highest BCUT2D eigenvalue weighted by atomic mass is 16.4. The van der Waals surface area contributed by atoms with Crippen LogP contribution in [-0.4, -0.2) is 28.9 Å². The average Bonchev–Trinajstić information content (AvgIpc) is 3.13. The lowest BCUT2D eigenvalue weighted by molar-refractivity contribution is -0.137. The van der Waals surface area contributed by atoms with E-state index in [0.717, 1.165) is 5.56 Å². The highest BCUT2D eigenvalue weighted by molar-refractivity contribution is 5.95. The second-order valence-electron chi connectivity index (χ2n) is 5.58. The highest BCUT2D eigenvalue weighted by Gasteiger charge is 2.22. The van der Waals surface area contributed by atoms with Crippen molar-refractivity contribution < 1.29 is 23.9 Å². The first-order valence-electron chi connectivity index (χ1n) is 7.89. The van der Waals surface area contributed by atoms with Crippen molar-refractivity contribution in [3.8, 4) is 0 Å². The Morgan fingerprint density at radius 1 is 1.08 bits per heavy atom. The first kappa shape index (κ1) is 18.3. The van der Waals surface area contributed by atoms with E-state index >= 15 is 0 Å². The minimum absolute atomic E-state index is 0.0764. The lowest BCUT2D eigenvalue weighted by atomic mass is 10.0. The molecule has 0 saturated carbocycles. The van der Waals surface area contributed by atoms with Crippen LogP contribution in [0.4, 0.5) is 0 Å². The molecule has 25 heavy (non-hydrogen) atoms. The Bertz CT molecular complexity index is 712. The van der Waals surface area contributed by atoms with Crippen LogP contribution in [0.15, 0.2) is 53.1 Å². The Hall–Kier alpha value is -3.09. The topological polar surface area (TPSA) is 109 Å². The summed E-state index contributed by atoms with van der Waals surface area (Å²) in [6.45, 7) is 1.55. The van der Waals surface area contributed by atoms with Gasteiger partial charge in [0, 0.05) is 6.42 Å². The van der Waals surface area contributed by atoms with Gasteiger partial charge in [0.15, 0.2) is 5.76 Å². The number of hydrogen-bond donors (Lipinski definition) is 3. The van der Waals surface area contributed by atoms with Crippen molar-refractivity contribution in [1.82, 2.24) is 10.6 Å².